The van der Waals surface area contributed by atoms with Crippen LogP contribution in [0.5, 0.6) is 0 Å². The van der Waals surface area contributed by atoms with E-state index < -0.39 is 0 Å². The van der Waals surface area contributed by atoms with Crippen molar-refractivity contribution in [1.82, 2.24) is 0 Å². The van der Waals surface area contributed by atoms with E-state index in [2.05, 4.69) is 35.0 Å². The molecule has 0 unspecified atom stereocenters. The molecule has 1 aromatic carbocycles. The Kier molecular flexibility index (Phi) is 3.47. The maximum Gasteiger partial charge on any atom is 0.0399 e. The molecule has 1 aliphatic rings. The number of aliphatic imine (C=N–C) groups is 1. The van der Waals surface area contributed by atoms with Gasteiger partial charge < -0.3 is 10.6 Å². The van der Waals surface area contributed by atoms with Gasteiger partial charge in [0.25, 0.3) is 0 Å². The molecule has 0 saturated carbocycles. The maximum absolute atomic E-state index is 5.63. The van der Waals surface area contributed by atoms with E-state index in [1.165, 1.54) is 11.3 Å². The van der Waals surface area contributed by atoms with Gasteiger partial charge in [-0.3, -0.25) is 4.99 Å². The van der Waals surface area contributed by atoms with Crippen molar-refractivity contribution < 1.29 is 0 Å². The quantitative estimate of drug-likeness (QED) is 0.806. The van der Waals surface area contributed by atoms with Crippen LogP contribution in [-0.2, 0) is 6.42 Å². The van der Waals surface area contributed by atoms with Crippen molar-refractivity contribution in [2.24, 2.45) is 10.7 Å². The van der Waals surface area contributed by atoms with Gasteiger partial charge in [-0.15, -0.1) is 0 Å². The van der Waals surface area contributed by atoms with Crippen molar-refractivity contribution in [1.29, 1.82) is 0 Å². The lowest BCUT2D eigenvalue weighted by atomic mass is 10.0. The van der Waals surface area contributed by atoms with Gasteiger partial charge in [0.05, 0.1) is 0 Å². The molecule has 0 radical (unpaired) electrons. The predicted octanol–water partition coefficient (Wildman–Crippen LogP) is 2.07. The first-order chi connectivity index (χ1) is 8.30. The summed E-state index contributed by atoms with van der Waals surface area (Å²) in [6, 6.07) is 6.53. The Balaban J connectivity index is 2.35. The van der Waals surface area contributed by atoms with E-state index in [-0.39, 0.29) is 0 Å². The highest BCUT2D eigenvalue weighted by Gasteiger charge is 2.17. The Morgan fingerprint density at radius 1 is 1.53 bits per heavy atom. The second-order valence-electron chi connectivity index (χ2n) is 4.18. The number of nitrogens with two attached hydrogens (primary N) is 1. The molecule has 2 N–H and O–H groups in total. The van der Waals surface area contributed by atoms with Crippen LogP contribution in [0.15, 0.2) is 29.4 Å². The van der Waals surface area contributed by atoms with Crippen LogP contribution in [0.25, 0.3) is 5.57 Å². The number of rotatable bonds is 3. The molecule has 0 aromatic heterocycles. The number of hydrogen-bond donors (Lipinski definition) is 1. The minimum Gasteiger partial charge on any atom is -0.404 e. The van der Waals surface area contributed by atoms with Crippen LogP contribution < -0.4 is 10.6 Å². The molecule has 17 heavy (non-hydrogen) atoms. The smallest absolute Gasteiger partial charge is 0.0399 e. The van der Waals surface area contributed by atoms with Gasteiger partial charge in [0.2, 0.25) is 0 Å². The number of anilines is 1. The van der Waals surface area contributed by atoms with Crippen LogP contribution in [0, 0.1) is 0 Å². The van der Waals surface area contributed by atoms with Crippen molar-refractivity contribution in [3.8, 4) is 0 Å². The third kappa shape index (κ3) is 2.18. The third-order valence-electron chi connectivity index (χ3n) is 3.23. The molecule has 90 valence electrons. The Labute approximate surface area is 103 Å². The lowest BCUT2D eigenvalue weighted by Gasteiger charge is -2.16. The SMILES string of the molecule is CCN1CCc2cc(/C(C=NC)=C/N)ccc21. The summed E-state index contributed by atoms with van der Waals surface area (Å²) in [5.74, 6) is 0. The van der Waals surface area contributed by atoms with Crippen LogP contribution in [0.3, 0.4) is 0 Å². The molecule has 1 aliphatic heterocycles. The molecule has 1 aromatic rings. The number of benzene rings is 1. The third-order valence-corrected chi connectivity index (χ3v) is 3.23. The number of allylic oxidation sites excluding steroid dienone is 1. The van der Waals surface area contributed by atoms with E-state index in [1.54, 1.807) is 19.5 Å². The normalized spacial score (nSPS) is 15.6. The molecule has 0 bridgehead atoms. The van der Waals surface area contributed by atoms with Gasteiger partial charge in [0.1, 0.15) is 0 Å². The minimum absolute atomic E-state index is 0.977. The first-order valence-electron chi connectivity index (χ1n) is 6.02. The maximum atomic E-state index is 5.63. The zero-order valence-corrected chi connectivity index (χ0v) is 10.5. The van der Waals surface area contributed by atoms with Crippen LogP contribution in [-0.4, -0.2) is 26.4 Å². The molecule has 0 amide bonds. The van der Waals surface area contributed by atoms with Crippen LogP contribution in [0.4, 0.5) is 5.69 Å². The summed E-state index contributed by atoms with van der Waals surface area (Å²) < 4.78 is 0. The van der Waals surface area contributed by atoms with E-state index in [4.69, 9.17) is 5.73 Å². The summed E-state index contributed by atoms with van der Waals surface area (Å²) in [5.41, 5.74) is 10.5. The molecule has 0 aliphatic carbocycles. The topological polar surface area (TPSA) is 41.6 Å². The monoisotopic (exact) mass is 229 g/mol. The van der Waals surface area contributed by atoms with Crippen molar-refractivity contribution in [3.05, 3.63) is 35.5 Å². The number of nitrogens with zero attached hydrogens (tertiary/aromatic N) is 2. The zero-order valence-electron chi connectivity index (χ0n) is 10.5. The zero-order chi connectivity index (χ0) is 12.3. The largest absolute Gasteiger partial charge is 0.404 e. The molecule has 3 nitrogen and oxygen atoms in total. The number of hydrogen-bond acceptors (Lipinski definition) is 3. The molecular formula is C14H19N3. The lowest BCUT2D eigenvalue weighted by Crippen LogP contribution is -2.18. The molecule has 0 spiro atoms. The van der Waals surface area contributed by atoms with Crippen LogP contribution in [0.1, 0.15) is 18.1 Å². The second-order valence-corrected chi connectivity index (χ2v) is 4.18. The average Bonchev–Trinajstić information content (AvgIpc) is 2.77. The number of likely N-dealkylation sites (N-methyl/N-ethyl adjacent to an activating group) is 1. The van der Waals surface area contributed by atoms with Crippen molar-refractivity contribution in [3.63, 3.8) is 0 Å². The summed E-state index contributed by atoms with van der Waals surface area (Å²) in [5, 5.41) is 0. The standard InChI is InChI=1S/C14H19N3/c1-3-17-7-6-12-8-11(4-5-14(12)17)13(9-15)10-16-2/h4-5,8-10H,3,6-7,15H2,1-2H3/b13-9+,16-10?. The van der Waals surface area contributed by atoms with E-state index in [1.807, 2.05) is 0 Å². The molecule has 2 rings (SSSR count). The first-order valence-corrected chi connectivity index (χ1v) is 6.02. The van der Waals surface area contributed by atoms with Crippen molar-refractivity contribution in [2.45, 2.75) is 13.3 Å². The molecular weight excluding hydrogens is 210 g/mol. The van der Waals surface area contributed by atoms with Gasteiger partial charge in [-0.2, -0.15) is 0 Å². The van der Waals surface area contributed by atoms with Gasteiger partial charge in [-0.1, -0.05) is 6.07 Å². The Morgan fingerprint density at radius 3 is 3.00 bits per heavy atom. The number of fused-ring (bicyclic) bond motifs is 1. The average molecular weight is 229 g/mol. The van der Waals surface area contributed by atoms with Gasteiger partial charge in [0.15, 0.2) is 0 Å². The van der Waals surface area contributed by atoms with Gasteiger partial charge >= 0.3 is 0 Å². The highest BCUT2D eigenvalue weighted by Crippen LogP contribution is 2.30. The fourth-order valence-electron chi connectivity index (χ4n) is 2.33. The second kappa shape index (κ2) is 5.04. The first kappa shape index (κ1) is 11.7. The highest BCUT2D eigenvalue weighted by atomic mass is 15.1. The van der Waals surface area contributed by atoms with Crippen molar-refractivity contribution >= 4 is 17.5 Å². The molecule has 0 atom stereocenters. The summed E-state index contributed by atoms with van der Waals surface area (Å²) in [6.07, 6.45) is 4.54. The Hall–Kier alpha value is -1.77. The van der Waals surface area contributed by atoms with Gasteiger partial charge in [-0.25, -0.2) is 0 Å². The van der Waals surface area contributed by atoms with E-state index >= 15 is 0 Å². The fourth-order valence-corrected chi connectivity index (χ4v) is 2.33. The summed E-state index contributed by atoms with van der Waals surface area (Å²) in [4.78, 5) is 6.43. The van der Waals surface area contributed by atoms with E-state index in [0.29, 0.717) is 0 Å². The highest BCUT2D eigenvalue weighted by molar-refractivity contribution is 6.09. The van der Waals surface area contributed by atoms with Gasteiger partial charge in [0, 0.05) is 43.8 Å². The Bertz CT molecular complexity index is 461. The molecule has 0 saturated heterocycles. The van der Waals surface area contributed by atoms with Gasteiger partial charge in [-0.05, 0) is 36.6 Å². The summed E-state index contributed by atoms with van der Waals surface area (Å²) >= 11 is 0. The minimum atomic E-state index is 0.977. The van der Waals surface area contributed by atoms with Crippen LogP contribution >= 0.6 is 0 Å². The fraction of sp³-hybridized carbons (Fsp3) is 0.357. The Morgan fingerprint density at radius 2 is 2.35 bits per heavy atom. The van der Waals surface area contributed by atoms with Crippen LogP contribution in [0.2, 0.25) is 0 Å². The predicted molar refractivity (Wildman–Crippen MR) is 74.6 cm³/mol. The molecule has 3 heteroatoms. The summed E-state index contributed by atoms with van der Waals surface area (Å²) in [6.45, 7) is 4.39. The van der Waals surface area contributed by atoms with E-state index in [0.717, 1.165) is 30.6 Å². The molecule has 1 heterocycles. The summed E-state index contributed by atoms with van der Waals surface area (Å²) in [7, 11) is 1.76. The van der Waals surface area contributed by atoms with Crippen molar-refractivity contribution in [2.75, 3.05) is 25.0 Å². The lowest BCUT2D eigenvalue weighted by molar-refractivity contribution is 0.868. The van der Waals surface area contributed by atoms with E-state index in [9.17, 15) is 0 Å². The molecule has 0 fully saturated rings.